The summed E-state index contributed by atoms with van der Waals surface area (Å²) < 4.78 is 1.77. The highest BCUT2D eigenvalue weighted by molar-refractivity contribution is 6.32. The van der Waals surface area contributed by atoms with Crippen molar-refractivity contribution in [2.24, 2.45) is 5.10 Å². The fourth-order valence-electron chi connectivity index (χ4n) is 2.66. The lowest BCUT2D eigenvalue weighted by molar-refractivity contribution is 0.159. The lowest BCUT2D eigenvalue weighted by atomic mass is 10.2. The molecule has 0 spiro atoms. The molecule has 0 saturated carbocycles. The summed E-state index contributed by atoms with van der Waals surface area (Å²) >= 11 is 12.7. The predicted octanol–water partition coefficient (Wildman–Crippen LogP) is 3.13. The van der Waals surface area contributed by atoms with Crippen LogP contribution in [0.15, 0.2) is 29.4 Å². The average Bonchev–Trinajstić information content (AvgIpc) is 2.83. The van der Waals surface area contributed by atoms with Crippen molar-refractivity contribution in [2.45, 2.75) is 13.5 Å². The van der Waals surface area contributed by atoms with Crippen molar-refractivity contribution in [1.29, 1.82) is 0 Å². The lowest BCUT2D eigenvalue weighted by Crippen LogP contribution is -2.41. The SMILES string of the molecule is Cc1nn(Cc2ccccc2Cl)c(Cl)c1C=NN1CCN(C)CC1. The second kappa shape index (κ2) is 7.55. The van der Waals surface area contributed by atoms with Gasteiger partial charge in [-0.15, -0.1) is 0 Å². The highest BCUT2D eigenvalue weighted by Gasteiger charge is 2.15. The van der Waals surface area contributed by atoms with Crippen LogP contribution in [-0.4, -0.2) is 59.1 Å². The molecule has 2 aromatic rings. The van der Waals surface area contributed by atoms with Gasteiger partial charge in [-0.2, -0.15) is 10.2 Å². The first-order chi connectivity index (χ1) is 11.5. The van der Waals surface area contributed by atoms with Crippen LogP contribution in [0.3, 0.4) is 0 Å². The minimum atomic E-state index is 0.543. The number of benzene rings is 1. The summed E-state index contributed by atoms with van der Waals surface area (Å²) in [4.78, 5) is 2.30. The van der Waals surface area contributed by atoms with Crippen LogP contribution in [0.1, 0.15) is 16.8 Å². The second-order valence-corrected chi connectivity index (χ2v) is 6.81. The van der Waals surface area contributed by atoms with Gasteiger partial charge in [0.2, 0.25) is 0 Å². The maximum absolute atomic E-state index is 6.51. The van der Waals surface area contributed by atoms with Crippen LogP contribution in [0.4, 0.5) is 0 Å². The molecule has 0 bridgehead atoms. The molecule has 1 aromatic heterocycles. The van der Waals surface area contributed by atoms with Gasteiger partial charge in [0.05, 0.1) is 24.0 Å². The maximum atomic E-state index is 6.51. The Kier molecular flexibility index (Phi) is 5.43. The van der Waals surface area contributed by atoms with Crippen LogP contribution in [0, 0.1) is 6.92 Å². The van der Waals surface area contributed by atoms with E-state index in [1.165, 1.54) is 0 Å². The lowest BCUT2D eigenvalue weighted by Gasteiger charge is -2.30. The molecule has 0 unspecified atom stereocenters. The highest BCUT2D eigenvalue weighted by Crippen LogP contribution is 2.22. The molecule has 0 amide bonds. The van der Waals surface area contributed by atoms with E-state index in [0.717, 1.165) is 48.0 Å². The number of rotatable bonds is 4. The van der Waals surface area contributed by atoms with Gasteiger partial charge in [-0.3, -0.25) is 5.01 Å². The van der Waals surface area contributed by atoms with Crippen molar-refractivity contribution < 1.29 is 0 Å². The van der Waals surface area contributed by atoms with Crippen LogP contribution in [0.2, 0.25) is 10.2 Å². The molecular weight excluding hydrogens is 345 g/mol. The summed E-state index contributed by atoms with van der Waals surface area (Å²) in [6, 6.07) is 7.72. The van der Waals surface area contributed by atoms with Gasteiger partial charge >= 0.3 is 0 Å². The first-order valence-corrected chi connectivity index (χ1v) is 8.74. The molecule has 0 aliphatic carbocycles. The van der Waals surface area contributed by atoms with Gasteiger partial charge in [0.15, 0.2) is 0 Å². The van der Waals surface area contributed by atoms with Gasteiger partial charge in [-0.25, -0.2) is 4.68 Å². The summed E-state index contributed by atoms with van der Waals surface area (Å²) in [7, 11) is 2.13. The molecule has 2 heterocycles. The Labute approximate surface area is 152 Å². The van der Waals surface area contributed by atoms with Gasteiger partial charge in [0.1, 0.15) is 5.15 Å². The first kappa shape index (κ1) is 17.3. The topological polar surface area (TPSA) is 36.7 Å². The van der Waals surface area contributed by atoms with Gasteiger partial charge in [0, 0.05) is 31.2 Å². The Morgan fingerprint density at radius 2 is 1.88 bits per heavy atom. The minimum Gasteiger partial charge on any atom is -0.303 e. The number of aryl methyl sites for hydroxylation is 1. The van der Waals surface area contributed by atoms with E-state index < -0.39 is 0 Å². The van der Waals surface area contributed by atoms with E-state index in [2.05, 4.69) is 27.2 Å². The third-order valence-corrected chi connectivity index (χ3v) is 4.98. The Hall–Kier alpha value is -1.56. The Morgan fingerprint density at radius 3 is 2.58 bits per heavy atom. The summed E-state index contributed by atoms with van der Waals surface area (Å²) in [5.41, 5.74) is 2.72. The predicted molar refractivity (Wildman–Crippen MR) is 99.2 cm³/mol. The number of aromatic nitrogens is 2. The number of hydrogen-bond donors (Lipinski definition) is 0. The van der Waals surface area contributed by atoms with Gasteiger partial charge in [0.25, 0.3) is 0 Å². The molecule has 1 fully saturated rings. The van der Waals surface area contributed by atoms with E-state index in [4.69, 9.17) is 23.2 Å². The van der Waals surface area contributed by atoms with Crippen LogP contribution in [0.5, 0.6) is 0 Å². The minimum absolute atomic E-state index is 0.543. The van der Waals surface area contributed by atoms with E-state index in [1.807, 2.05) is 37.4 Å². The normalized spacial score (nSPS) is 16.2. The first-order valence-electron chi connectivity index (χ1n) is 7.98. The van der Waals surface area contributed by atoms with Gasteiger partial charge < -0.3 is 4.90 Å². The molecule has 1 aromatic carbocycles. The van der Waals surface area contributed by atoms with Crippen molar-refractivity contribution >= 4 is 29.4 Å². The quantitative estimate of drug-likeness (QED) is 0.781. The van der Waals surface area contributed by atoms with E-state index in [-0.39, 0.29) is 0 Å². The molecule has 3 rings (SSSR count). The molecule has 128 valence electrons. The maximum Gasteiger partial charge on any atom is 0.136 e. The molecule has 0 N–H and O–H groups in total. The number of nitrogens with zero attached hydrogens (tertiary/aromatic N) is 5. The smallest absolute Gasteiger partial charge is 0.136 e. The van der Waals surface area contributed by atoms with E-state index in [9.17, 15) is 0 Å². The fourth-order valence-corrected chi connectivity index (χ4v) is 3.14. The van der Waals surface area contributed by atoms with Crippen molar-refractivity contribution in [3.8, 4) is 0 Å². The summed E-state index contributed by atoms with van der Waals surface area (Å²) in [5.74, 6) is 0. The summed E-state index contributed by atoms with van der Waals surface area (Å²) in [6.45, 7) is 6.39. The molecule has 0 atom stereocenters. The van der Waals surface area contributed by atoms with Gasteiger partial charge in [-0.05, 0) is 25.6 Å². The molecule has 7 heteroatoms. The molecule has 1 saturated heterocycles. The zero-order valence-corrected chi connectivity index (χ0v) is 15.4. The number of halogens is 2. The second-order valence-electron chi connectivity index (χ2n) is 6.04. The Morgan fingerprint density at radius 1 is 1.17 bits per heavy atom. The van der Waals surface area contributed by atoms with E-state index in [0.29, 0.717) is 11.7 Å². The van der Waals surface area contributed by atoms with Crippen LogP contribution in [-0.2, 0) is 6.54 Å². The van der Waals surface area contributed by atoms with Crippen molar-refractivity contribution in [2.75, 3.05) is 33.2 Å². The zero-order valence-electron chi connectivity index (χ0n) is 13.9. The third kappa shape index (κ3) is 3.91. The average molecular weight is 366 g/mol. The Bertz CT molecular complexity index is 733. The summed E-state index contributed by atoms with van der Waals surface area (Å²) in [6.07, 6.45) is 1.82. The van der Waals surface area contributed by atoms with E-state index >= 15 is 0 Å². The highest BCUT2D eigenvalue weighted by atomic mass is 35.5. The van der Waals surface area contributed by atoms with Crippen molar-refractivity contribution in [1.82, 2.24) is 19.7 Å². The van der Waals surface area contributed by atoms with E-state index in [1.54, 1.807) is 4.68 Å². The third-order valence-electron chi connectivity index (χ3n) is 4.22. The molecule has 0 radical (unpaired) electrons. The zero-order chi connectivity index (χ0) is 17.1. The standard InChI is InChI=1S/C17H21Cl2N5/c1-13-15(11-20-23-9-7-22(2)8-10-23)17(19)24(21-13)12-14-5-3-4-6-16(14)18/h3-6,11H,7-10,12H2,1-2H3. The molecular formula is C17H21Cl2N5. The van der Waals surface area contributed by atoms with Crippen LogP contribution >= 0.6 is 23.2 Å². The number of hydrazone groups is 1. The molecule has 1 aliphatic heterocycles. The number of hydrogen-bond acceptors (Lipinski definition) is 4. The van der Waals surface area contributed by atoms with Crippen LogP contribution in [0.25, 0.3) is 0 Å². The number of piperazine rings is 1. The molecule has 1 aliphatic rings. The molecule has 5 nitrogen and oxygen atoms in total. The Balaban J connectivity index is 1.76. The van der Waals surface area contributed by atoms with Crippen molar-refractivity contribution in [3.63, 3.8) is 0 Å². The molecule has 24 heavy (non-hydrogen) atoms. The monoisotopic (exact) mass is 365 g/mol. The summed E-state index contributed by atoms with van der Waals surface area (Å²) in [5, 5.41) is 12.5. The van der Waals surface area contributed by atoms with Crippen LogP contribution < -0.4 is 0 Å². The largest absolute Gasteiger partial charge is 0.303 e. The van der Waals surface area contributed by atoms with Gasteiger partial charge in [-0.1, -0.05) is 41.4 Å². The number of likely N-dealkylation sites (N-methyl/N-ethyl adjacent to an activating group) is 1. The fraction of sp³-hybridized carbons (Fsp3) is 0.412. The van der Waals surface area contributed by atoms with Crippen molar-refractivity contribution in [3.05, 3.63) is 51.3 Å².